The third-order valence-corrected chi connectivity index (χ3v) is 6.85. The molecule has 0 aliphatic carbocycles. The largest absolute Gasteiger partial charge is 0.352 e. The molecule has 0 aromatic heterocycles. The van der Waals surface area contributed by atoms with Gasteiger partial charge in [0.25, 0.3) is 5.69 Å². The number of unbranched alkanes of at least 4 members (excludes halogenated alkanes) is 1. The number of nitrogens with zero attached hydrogens (tertiary/aromatic N) is 3. The highest BCUT2D eigenvalue weighted by molar-refractivity contribution is 6.14. The van der Waals surface area contributed by atoms with Gasteiger partial charge in [0.05, 0.1) is 22.8 Å². The van der Waals surface area contributed by atoms with Crippen molar-refractivity contribution >= 4 is 35.0 Å². The smallest absolute Gasteiger partial charge is 0.270 e. The zero-order valence-corrected chi connectivity index (χ0v) is 18.1. The summed E-state index contributed by atoms with van der Waals surface area (Å²) >= 11 is 0. The molecule has 2 amide bonds. The molecule has 2 aromatic rings. The fourth-order valence-corrected chi connectivity index (χ4v) is 5.36. The Morgan fingerprint density at radius 1 is 1.06 bits per heavy atom. The second kappa shape index (κ2) is 7.95. The van der Waals surface area contributed by atoms with E-state index in [9.17, 15) is 24.5 Å². The number of carbonyl (C=O) groups excluding carboxylic acids is 3. The summed E-state index contributed by atoms with van der Waals surface area (Å²) in [7, 11) is 0. The van der Waals surface area contributed by atoms with Crippen LogP contribution >= 0.6 is 0 Å². The lowest BCUT2D eigenvalue weighted by Crippen LogP contribution is -2.48. The van der Waals surface area contributed by atoms with Gasteiger partial charge < -0.3 is 4.90 Å². The maximum absolute atomic E-state index is 13.8. The number of non-ortho nitro benzene ring substituents is 1. The van der Waals surface area contributed by atoms with Gasteiger partial charge in [0.1, 0.15) is 6.04 Å². The van der Waals surface area contributed by atoms with E-state index in [1.54, 1.807) is 0 Å². The Bertz CT molecular complexity index is 1210. The Hall–Kier alpha value is -3.81. The van der Waals surface area contributed by atoms with Crippen molar-refractivity contribution in [2.45, 2.75) is 31.8 Å². The molecule has 0 N–H and O–H groups in total. The maximum atomic E-state index is 13.8. The van der Waals surface area contributed by atoms with E-state index in [-0.39, 0.29) is 28.8 Å². The molecule has 33 heavy (non-hydrogen) atoms. The Morgan fingerprint density at radius 2 is 1.82 bits per heavy atom. The average Bonchev–Trinajstić information content (AvgIpc) is 3.30. The molecule has 2 fully saturated rings. The third kappa shape index (κ3) is 3.16. The van der Waals surface area contributed by atoms with Crippen LogP contribution in [0.1, 0.15) is 35.7 Å². The Morgan fingerprint density at radius 3 is 2.58 bits per heavy atom. The van der Waals surface area contributed by atoms with Gasteiger partial charge in [-0.15, -0.1) is 0 Å². The standard InChI is InChI=1S/C25H23N3O5/c1-2-3-13-26-24(30)20-19-12-11-15-7-4-5-10-18(15)27(19)22(21(20)25(26)31)23(29)16-8-6-9-17(14-16)28(32)33/h4-12,14,19-22H,2-3,13H2,1H3/t19-,20-,21+,22-/m0/s1. The number of carbonyl (C=O) groups is 3. The van der Waals surface area contributed by atoms with Gasteiger partial charge in [0, 0.05) is 29.9 Å². The summed E-state index contributed by atoms with van der Waals surface area (Å²) in [4.78, 5) is 54.6. The molecule has 3 heterocycles. The number of nitro groups is 1. The van der Waals surface area contributed by atoms with Crippen molar-refractivity contribution in [2.75, 3.05) is 11.4 Å². The molecule has 3 aliphatic rings. The number of Topliss-reactive ketones (excluding diaryl/α,β-unsaturated/α-hetero) is 1. The van der Waals surface area contributed by atoms with Crippen molar-refractivity contribution in [1.29, 1.82) is 0 Å². The van der Waals surface area contributed by atoms with E-state index in [2.05, 4.69) is 0 Å². The number of nitro benzene ring substituents is 1. The van der Waals surface area contributed by atoms with Gasteiger partial charge in [-0.25, -0.2) is 0 Å². The van der Waals surface area contributed by atoms with E-state index in [4.69, 9.17) is 0 Å². The van der Waals surface area contributed by atoms with E-state index in [0.717, 1.165) is 17.7 Å². The molecule has 0 saturated carbocycles. The highest BCUT2D eigenvalue weighted by Gasteiger charge is 2.63. The lowest BCUT2D eigenvalue weighted by atomic mass is 9.86. The van der Waals surface area contributed by atoms with E-state index >= 15 is 0 Å². The van der Waals surface area contributed by atoms with E-state index in [1.165, 1.54) is 29.2 Å². The Labute approximate surface area is 190 Å². The second-order valence-electron chi connectivity index (χ2n) is 8.67. The zero-order chi connectivity index (χ0) is 23.3. The fraction of sp³-hybridized carbons (Fsp3) is 0.320. The number of para-hydroxylation sites is 1. The molecule has 168 valence electrons. The minimum absolute atomic E-state index is 0.160. The maximum Gasteiger partial charge on any atom is 0.270 e. The van der Waals surface area contributed by atoms with Gasteiger partial charge in [0.2, 0.25) is 11.8 Å². The van der Waals surface area contributed by atoms with E-state index in [0.29, 0.717) is 13.0 Å². The summed E-state index contributed by atoms with van der Waals surface area (Å²) in [5, 5.41) is 11.3. The van der Waals surface area contributed by atoms with Gasteiger partial charge >= 0.3 is 0 Å². The highest BCUT2D eigenvalue weighted by atomic mass is 16.6. The number of hydrogen-bond donors (Lipinski definition) is 0. The van der Waals surface area contributed by atoms with Crippen LogP contribution < -0.4 is 4.90 Å². The van der Waals surface area contributed by atoms with Crippen LogP contribution in [0.3, 0.4) is 0 Å². The van der Waals surface area contributed by atoms with Crippen molar-refractivity contribution in [3.63, 3.8) is 0 Å². The van der Waals surface area contributed by atoms with Crippen LogP contribution in [0.15, 0.2) is 54.6 Å². The number of imide groups is 1. The fourth-order valence-electron chi connectivity index (χ4n) is 5.36. The van der Waals surface area contributed by atoms with Gasteiger partial charge in [0.15, 0.2) is 5.78 Å². The number of hydrogen-bond acceptors (Lipinski definition) is 6. The molecule has 3 aliphatic heterocycles. The summed E-state index contributed by atoms with van der Waals surface area (Å²) in [6, 6.07) is 11.8. The van der Waals surface area contributed by atoms with Crippen LogP contribution in [-0.2, 0) is 9.59 Å². The normalized spacial score (nSPS) is 25.1. The van der Waals surface area contributed by atoms with Crippen molar-refractivity contribution in [1.82, 2.24) is 4.90 Å². The summed E-state index contributed by atoms with van der Waals surface area (Å²) in [6.07, 6.45) is 5.37. The summed E-state index contributed by atoms with van der Waals surface area (Å²) in [5.41, 5.74) is 1.65. The van der Waals surface area contributed by atoms with E-state index in [1.807, 2.05) is 48.2 Å². The number of amides is 2. The van der Waals surface area contributed by atoms with Crippen LogP contribution in [-0.4, -0.2) is 46.0 Å². The minimum atomic E-state index is -0.920. The number of likely N-dealkylation sites (tertiary alicyclic amines) is 1. The van der Waals surface area contributed by atoms with Crippen molar-refractivity contribution in [3.05, 3.63) is 75.8 Å². The first-order valence-electron chi connectivity index (χ1n) is 11.1. The molecule has 0 spiro atoms. The first-order chi connectivity index (χ1) is 15.9. The molecular weight excluding hydrogens is 422 g/mol. The van der Waals surface area contributed by atoms with Crippen LogP contribution in [0, 0.1) is 22.0 Å². The molecule has 2 saturated heterocycles. The number of rotatable bonds is 6. The minimum Gasteiger partial charge on any atom is -0.352 e. The first kappa shape index (κ1) is 21.1. The van der Waals surface area contributed by atoms with Gasteiger partial charge in [-0.1, -0.05) is 55.8 Å². The summed E-state index contributed by atoms with van der Waals surface area (Å²) < 4.78 is 0. The molecule has 5 rings (SSSR count). The molecule has 8 heteroatoms. The highest BCUT2D eigenvalue weighted by Crippen LogP contribution is 2.49. The third-order valence-electron chi connectivity index (χ3n) is 6.85. The lowest BCUT2D eigenvalue weighted by Gasteiger charge is -2.36. The second-order valence-corrected chi connectivity index (χ2v) is 8.67. The summed E-state index contributed by atoms with van der Waals surface area (Å²) in [5.74, 6) is -2.46. The van der Waals surface area contributed by atoms with Gasteiger partial charge in [-0.05, 0) is 18.1 Å². The number of fused-ring (bicyclic) bond motifs is 5. The predicted octanol–water partition coefficient (Wildman–Crippen LogP) is 3.46. The molecule has 4 atom stereocenters. The van der Waals surface area contributed by atoms with Gasteiger partial charge in [-0.2, -0.15) is 0 Å². The monoisotopic (exact) mass is 445 g/mol. The Kier molecular flexibility index (Phi) is 5.08. The molecular formula is C25H23N3O5. The van der Waals surface area contributed by atoms with Crippen LogP contribution in [0.25, 0.3) is 6.08 Å². The van der Waals surface area contributed by atoms with Gasteiger partial charge in [-0.3, -0.25) is 29.4 Å². The lowest BCUT2D eigenvalue weighted by molar-refractivity contribution is -0.384. The summed E-state index contributed by atoms with van der Waals surface area (Å²) in [6.45, 7) is 2.33. The quantitative estimate of drug-likeness (QED) is 0.292. The topological polar surface area (TPSA) is 101 Å². The molecule has 0 radical (unpaired) electrons. The molecule has 0 unspecified atom stereocenters. The Balaban J connectivity index is 1.62. The average molecular weight is 445 g/mol. The van der Waals surface area contributed by atoms with Crippen molar-refractivity contribution in [3.8, 4) is 0 Å². The molecule has 8 nitrogen and oxygen atoms in total. The van der Waals surface area contributed by atoms with Crippen LogP contribution in [0.5, 0.6) is 0 Å². The SMILES string of the molecule is CCCCN1C(=O)[C@@H]2[C@@H](C1=O)[C@@H]1C=Cc3ccccc3N1[C@@H]2C(=O)c1cccc([N+](=O)[O-])c1. The number of anilines is 1. The van der Waals surface area contributed by atoms with Crippen molar-refractivity contribution < 1.29 is 19.3 Å². The van der Waals surface area contributed by atoms with Crippen LogP contribution in [0.2, 0.25) is 0 Å². The molecule has 2 aromatic carbocycles. The van der Waals surface area contributed by atoms with Crippen molar-refractivity contribution in [2.24, 2.45) is 11.8 Å². The van der Waals surface area contributed by atoms with E-state index < -0.39 is 28.8 Å². The molecule has 0 bridgehead atoms. The number of benzene rings is 2. The number of ketones is 1. The first-order valence-corrected chi connectivity index (χ1v) is 11.1. The zero-order valence-electron chi connectivity index (χ0n) is 18.1. The predicted molar refractivity (Wildman–Crippen MR) is 122 cm³/mol. The van der Waals surface area contributed by atoms with Crippen LogP contribution in [0.4, 0.5) is 11.4 Å².